The van der Waals surface area contributed by atoms with Crippen LogP contribution in [-0.4, -0.2) is 48.1 Å². The zero-order chi connectivity index (χ0) is 26.1. The van der Waals surface area contributed by atoms with Gasteiger partial charge in [-0.05, 0) is 56.8 Å². The van der Waals surface area contributed by atoms with Gasteiger partial charge in [-0.2, -0.15) is 0 Å². The Morgan fingerprint density at radius 3 is 2.58 bits per heavy atom. The van der Waals surface area contributed by atoms with Crippen LogP contribution >= 0.6 is 11.6 Å². The van der Waals surface area contributed by atoms with E-state index in [1.807, 2.05) is 4.90 Å². The Labute approximate surface area is 211 Å². The number of rotatable bonds is 8. The van der Waals surface area contributed by atoms with Gasteiger partial charge in [0.2, 0.25) is 0 Å². The molecule has 1 aliphatic rings. The Kier molecular flexibility index (Phi) is 9.18. The molecule has 3 rings (SSSR count). The number of halogens is 4. The molecule has 1 fully saturated rings. The Bertz CT molecular complexity index is 1120. The summed E-state index contributed by atoms with van der Waals surface area (Å²) >= 11 is 6.57. The van der Waals surface area contributed by atoms with Crippen molar-refractivity contribution in [2.45, 2.75) is 32.2 Å². The van der Waals surface area contributed by atoms with Crippen molar-refractivity contribution >= 4 is 30.0 Å². The zero-order valence-corrected chi connectivity index (χ0v) is 20.1. The molecule has 2 aromatic rings. The minimum Gasteiger partial charge on any atom is -0.456 e. The first-order chi connectivity index (χ1) is 17.2. The van der Waals surface area contributed by atoms with E-state index in [0.717, 1.165) is 6.07 Å². The third-order valence-corrected chi connectivity index (χ3v) is 5.50. The maximum Gasteiger partial charge on any atom is 0.573 e. The molecule has 2 heterocycles. The van der Waals surface area contributed by atoms with Gasteiger partial charge in [-0.1, -0.05) is 17.7 Å². The fourth-order valence-corrected chi connectivity index (χ4v) is 3.86. The molecule has 1 aromatic carbocycles. The molecular weight excluding hydrogens is 499 g/mol. The number of hydrogen-bond donors (Lipinski definition) is 2. The number of nitrogens with one attached hydrogen (secondary N) is 2. The number of nitrogens with zero attached hydrogens (tertiary/aromatic N) is 3. The third kappa shape index (κ3) is 7.91. The fourth-order valence-electron chi connectivity index (χ4n) is 3.54. The summed E-state index contributed by atoms with van der Waals surface area (Å²) in [5, 5.41) is 5.82. The summed E-state index contributed by atoms with van der Waals surface area (Å²) in [5.41, 5.74) is 0.592. The predicted octanol–water partition coefficient (Wildman–Crippen LogP) is 5.66. The van der Waals surface area contributed by atoms with E-state index in [1.165, 1.54) is 18.2 Å². The molecule has 2 N–H and O–H groups in total. The minimum absolute atomic E-state index is 0.0587. The molecule has 0 spiro atoms. The van der Waals surface area contributed by atoms with Gasteiger partial charge in [0.05, 0.1) is 11.9 Å². The number of ether oxygens (including phenoxy) is 2. The Balaban J connectivity index is 1.61. The number of likely N-dealkylation sites (tertiary alicyclic amines) is 1. The number of carbonyl (C=O) groups is 1. The van der Waals surface area contributed by atoms with Crippen molar-refractivity contribution in [1.29, 1.82) is 0 Å². The van der Waals surface area contributed by atoms with Crippen LogP contribution in [0.25, 0.3) is 0 Å². The van der Waals surface area contributed by atoms with Crippen molar-refractivity contribution in [2.24, 2.45) is 4.99 Å². The van der Waals surface area contributed by atoms with Crippen LogP contribution in [0.2, 0.25) is 0 Å². The van der Waals surface area contributed by atoms with Crippen LogP contribution in [0, 0.1) is 0 Å². The molecule has 0 atom stereocenters. The van der Waals surface area contributed by atoms with Gasteiger partial charge in [0.25, 0.3) is 0 Å². The molecule has 0 bridgehead atoms. The van der Waals surface area contributed by atoms with Crippen molar-refractivity contribution in [3.63, 3.8) is 0 Å². The summed E-state index contributed by atoms with van der Waals surface area (Å²) in [6.07, 6.45) is 1.19. The smallest absolute Gasteiger partial charge is 0.456 e. The van der Waals surface area contributed by atoms with Crippen molar-refractivity contribution < 1.29 is 27.4 Å². The van der Waals surface area contributed by atoms with Crippen LogP contribution in [0.3, 0.4) is 0 Å². The number of pyridine rings is 1. The molecule has 192 valence electrons. The Morgan fingerprint density at radius 1 is 1.25 bits per heavy atom. The standard InChI is InChI=1S/C24H25ClF3N5O3/c1-3-20(35-18-7-4-8-19(14-18)36-24(26,27)28)21(25)22(29-2)33-12-9-16(10-13-33)31-23(34)32-17-6-5-11-30-15-17/h3-8,11,14-16H,2,9-10,12-13H2,1H3,(H2,31,32,34)/b20-3+,22-21-. The Hall–Kier alpha value is -3.73. The van der Waals surface area contributed by atoms with E-state index in [2.05, 4.69) is 32.1 Å². The lowest BCUT2D eigenvalue weighted by atomic mass is 10.1. The average Bonchev–Trinajstić information content (AvgIpc) is 2.83. The summed E-state index contributed by atoms with van der Waals surface area (Å²) < 4.78 is 47.2. The summed E-state index contributed by atoms with van der Waals surface area (Å²) in [4.78, 5) is 22.2. The number of hydrogen-bond acceptors (Lipinski definition) is 6. The molecule has 1 saturated heterocycles. The molecule has 8 nitrogen and oxygen atoms in total. The van der Waals surface area contributed by atoms with E-state index in [4.69, 9.17) is 16.3 Å². The van der Waals surface area contributed by atoms with Crippen LogP contribution in [0.5, 0.6) is 11.5 Å². The lowest BCUT2D eigenvalue weighted by Gasteiger charge is -2.34. The normalized spacial score (nSPS) is 15.6. The lowest BCUT2D eigenvalue weighted by molar-refractivity contribution is -0.274. The number of piperidine rings is 1. The second-order valence-corrected chi connectivity index (χ2v) is 8.05. The SMILES string of the molecule is C=N/C(=C(Cl)\C(=C/C)Oc1cccc(OC(F)(F)F)c1)N1CCC(NC(=O)Nc2cccnc2)CC1. The lowest BCUT2D eigenvalue weighted by Crippen LogP contribution is -2.45. The van der Waals surface area contributed by atoms with Gasteiger partial charge in [-0.15, -0.1) is 13.2 Å². The molecule has 1 aromatic heterocycles. The van der Waals surface area contributed by atoms with Gasteiger partial charge in [-0.3, -0.25) is 4.98 Å². The minimum atomic E-state index is -4.82. The van der Waals surface area contributed by atoms with Crippen LogP contribution < -0.4 is 20.1 Å². The molecular formula is C24H25ClF3N5O3. The third-order valence-electron chi connectivity index (χ3n) is 5.14. The average molecular weight is 524 g/mol. The number of aromatic nitrogens is 1. The first-order valence-corrected chi connectivity index (χ1v) is 11.4. The summed E-state index contributed by atoms with van der Waals surface area (Å²) in [5.74, 6) is 0.249. The summed E-state index contributed by atoms with van der Waals surface area (Å²) in [6, 6.07) is 8.21. The molecule has 0 unspecified atom stereocenters. The maximum absolute atomic E-state index is 12.5. The van der Waals surface area contributed by atoms with E-state index in [1.54, 1.807) is 37.5 Å². The van der Waals surface area contributed by atoms with Crippen molar-refractivity contribution in [3.8, 4) is 11.5 Å². The van der Waals surface area contributed by atoms with E-state index in [-0.39, 0.29) is 28.6 Å². The predicted molar refractivity (Wildman–Crippen MR) is 131 cm³/mol. The van der Waals surface area contributed by atoms with Gasteiger partial charge in [0.15, 0.2) is 0 Å². The number of amides is 2. The van der Waals surface area contributed by atoms with Crippen LogP contribution in [0.15, 0.2) is 76.5 Å². The van der Waals surface area contributed by atoms with Crippen molar-refractivity contribution in [2.75, 3.05) is 18.4 Å². The number of carbonyl (C=O) groups excluding carboxylic acids is 1. The highest BCUT2D eigenvalue weighted by molar-refractivity contribution is 6.32. The first-order valence-electron chi connectivity index (χ1n) is 11.0. The zero-order valence-electron chi connectivity index (χ0n) is 19.4. The summed E-state index contributed by atoms with van der Waals surface area (Å²) in [7, 11) is 0. The number of aliphatic imine (C=N–C) groups is 1. The second-order valence-electron chi connectivity index (χ2n) is 7.67. The van der Waals surface area contributed by atoms with Gasteiger partial charge in [0, 0.05) is 31.4 Å². The molecule has 0 aliphatic carbocycles. The number of allylic oxidation sites excluding steroid dienone is 2. The fraction of sp³-hybridized carbons (Fsp3) is 0.292. The molecule has 1 aliphatic heterocycles. The number of alkyl halides is 3. The van der Waals surface area contributed by atoms with Crippen LogP contribution in [0.1, 0.15) is 19.8 Å². The maximum atomic E-state index is 12.5. The van der Waals surface area contributed by atoms with Crippen LogP contribution in [0.4, 0.5) is 23.7 Å². The van der Waals surface area contributed by atoms with Crippen molar-refractivity contribution in [1.82, 2.24) is 15.2 Å². The quantitative estimate of drug-likeness (QED) is 0.265. The van der Waals surface area contributed by atoms with Gasteiger partial charge >= 0.3 is 12.4 Å². The molecule has 0 saturated carbocycles. The molecule has 0 radical (unpaired) electrons. The molecule has 36 heavy (non-hydrogen) atoms. The number of anilines is 1. The largest absolute Gasteiger partial charge is 0.573 e. The topological polar surface area (TPSA) is 88.1 Å². The molecule has 12 heteroatoms. The highest BCUT2D eigenvalue weighted by atomic mass is 35.5. The van der Waals surface area contributed by atoms with Crippen molar-refractivity contribution in [3.05, 3.63) is 71.5 Å². The number of urea groups is 1. The van der Waals surface area contributed by atoms with Gasteiger partial charge < -0.3 is 25.0 Å². The highest BCUT2D eigenvalue weighted by Crippen LogP contribution is 2.31. The summed E-state index contributed by atoms with van der Waals surface area (Å²) in [6.45, 7) is 6.35. The highest BCUT2D eigenvalue weighted by Gasteiger charge is 2.31. The van der Waals surface area contributed by atoms with Gasteiger partial charge in [0.1, 0.15) is 28.1 Å². The first kappa shape index (κ1) is 26.9. The second kappa shape index (κ2) is 12.3. The monoisotopic (exact) mass is 523 g/mol. The Morgan fingerprint density at radius 2 is 1.97 bits per heavy atom. The van der Waals surface area contributed by atoms with E-state index in [9.17, 15) is 18.0 Å². The van der Waals surface area contributed by atoms with Gasteiger partial charge in [-0.25, -0.2) is 9.79 Å². The van der Waals surface area contributed by atoms with Crippen LogP contribution in [-0.2, 0) is 0 Å². The van der Waals surface area contributed by atoms with E-state index < -0.39 is 12.1 Å². The van der Waals surface area contributed by atoms with E-state index >= 15 is 0 Å². The molecule has 2 amide bonds. The number of benzene rings is 1. The van der Waals surface area contributed by atoms with E-state index in [0.29, 0.717) is 37.4 Å².